The average molecular weight is 416 g/mol. The van der Waals surface area contributed by atoms with Crippen LogP contribution in [-0.4, -0.2) is 48.6 Å². The normalized spacial score (nSPS) is 16.1. The largest absolute Gasteiger partial charge is 0.444 e. The van der Waals surface area contributed by atoms with Crippen molar-refractivity contribution in [2.24, 2.45) is 10.9 Å². The van der Waals surface area contributed by atoms with Crippen LogP contribution in [0, 0.1) is 25.6 Å². The second-order valence-electron chi connectivity index (χ2n) is 7.96. The maximum Gasteiger partial charge on any atom is 0.208 e. The Morgan fingerprint density at radius 1 is 1.23 bits per heavy atom. The number of rotatable bonds is 8. The topological polar surface area (TPSA) is 65.7 Å². The Bertz CT molecular complexity index is 807. The van der Waals surface area contributed by atoms with Gasteiger partial charge in [-0.15, -0.1) is 0 Å². The van der Waals surface area contributed by atoms with Gasteiger partial charge < -0.3 is 15.1 Å². The lowest BCUT2D eigenvalue weighted by atomic mass is 9.97. The van der Waals surface area contributed by atoms with Gasteiger partial charge in [-0.2, -0.15) is 0 Å². The van der Waals surface area contributed by atoms with Gasteiger partial charge >= 0.3 is 0 Å². The Morgan fingerprint density at radius 2 is 2.00 bits per heavy atom. The number of aromatic nitrogens is 1. The Hall–Kier alpha value is -2.41. The van der Waals surface area contributed by atoms with Gasteiger partial charge in [-0.1, -0.05) is 18.2 Å². The third-order valence-electron chi connectivity index (χ3n) is 5.64. The van der Waals surface area contributed by atoms with E-state index in [1.165, 1.54) is 6.07 Å². The van der Waals surface area contributed by atoms with E-state index in [4.69, 9.17) is 9.41 Å². The molecular formula is C23H34FN5O. The summed E-state index contributed by atoms with van der Waals surface area (Å²) in [5, 5.41) is 6.61. The number of aryl methyl sites for hydroxylation is 2. The highest BCUT2D eigenvalue weighted by atomic mass is 19.1. The first kappa shape index (κ1) is 22.3. The minimum atomic E-state index is -0.150. The van der Waals surface area contributed by atoms with Gasteiger partial charge in [0.1, 0.15) is 11.6 Å². The van der Waals surface area contributed by atoms with Crippen LogP contribution in [0.25, 0.3) is 0 Å². The van der Waals surface area contributed by atoms with Gasteiger partial charge in [0.05, 0.1) is 12.2 Å². The summed E-state index contributed by atoms with van der Waals surface area (Å²) in [7, 11) is 0. The number of oxazole rings is 1. The molecule has 0 amide bonds. The number of halogens is 1. The molecule has 0 bridgehead atoms. The van der Waals surface area contributed by atoms with Crippen LogP contribution in [0.2, 0.25) is 0 Å². The number of hydrogen-bond donors (Lipinski definition) is 2. The quantitative estimate of drug-likeness (QED) is 0.511. The van der Waals surface area contributed by atoms with Gasteiger partial charge in [0.25, 0.3) is 0 Å². The van der Waals surface area contributed by atoms with Crippen LogP contribution in [0.1, 0.15) is 42.7 Å². The molecule has 1 saturated heterocycles. The van der Waals surface area contributed by atoms with E-state index in [1.54, 1.807) is 6.07 Å². The summed E-state index contributed by atoms with van der Waals surface area (Å²) in [5.41, 5.74) is 1.71. The standard InChI is InChI=1S/C23H34FN5O/c1-4-25-23(26-12-9-20-7-5-6-8-21(20)24)27-15-19-10-13-29(14-11-19)16-22-28-17(2)18(3)30-22/h5-8,19H,4,9-16H2,1-3H3,(H2,25,26,27). The Labute approximate surface area is 179 Å². The molecule has 1 aromatic heterocycles. The predicted octanol–water partition coefficient (Wildman–Crippen LogP) is 3.44. The van der Waals surface area contributed by atoms with E-state index in [9.17, 15) is 4.39 Å². The van der Waals surface area contributed by atoms with E-state index in [-0.39, 0.29) is 5.82 Å². The minimum Gasteiger partial charge on any atom is -0.444 e. The molecule has 2 aromatic rings. The first-order valence-corrected chi connectivity index (χ1v) is 11.0. The molecule has 1 aliphatic rings. The van der Waals surface area contributed by atoms with E-state index in [0.717, 1.165) is 74.4 Å². The summed E-state index contributed by atoms with van der Waals surface area (Å²) in [6.45, 7) is 11.1. The van der Waals surface area contributed by atoms with Gasteiger partial charge in [-0.25, -0.2) is 9.37 Å². The number of nitrogens with zero attached hydrogens (tertiary/aromatic N) is 3. The molecule has 164 valence electrons. The van der Waals surface area contributed by atoms with Gasteiger partial charge in [-0.3, -0.25) is 9.89 Å². The van der Waals surface area contributed by atoms with Crippen molar-refractivity contribution in [1.82, 2.24) is 20.5 Å². The van der Waals surface area contributed by atoms with Crippen LogP contribution < -0.4 is 10.6 Å². The molecule has 30 heavy (non-hydrogen) atoms. The third kappa shape index (κ3) is 6.55. The van der Waals surface area contributed by atoms with Crippen LogP contribution >= 0.6 is 0 Å². The Kier molecular flexibility index (Phi) is 8.25. The van der Waals surface area contributed by atoms with Crippen molar-refractivity contribution in [3.8, 4) is 0 Å². The van der Waals surface area contributed by atoms with Gasteiger partial charge in [0.2, 0.25) is 5.89 Å². The number of nitrogens with one attached hydrogen (secondary N) is 2. The molecule has 3 rings (SSSR count). The highest BCUT2D eigenvalue weighted by molar-refractivity contribution is 5.79. The maximum atomic E-state index is 13.8. The molecule has 0 unspecified atom stereocenters. The van der Waals surface area contributed by atoms with E-state index in [0.29, 0.717) is 18.9 Å². The number of aliphatic imine (C=N–C) groups is 1. The number of hydrogen-bond acceptors (Lipinski definition) is 4. The van der Waals surface area contributed by atoms with Crippen molar-refractivity contribution in [2.45, 2.75) is 46.6 Å². The summed E-state index contributed by atoms with van der Waals surface area (Å²) < 4.78 is 19.5. The first-order valence-electron chi connectivity index (χ1n) is 11.0. The van der Waals surface area contributed by atoms with Crippen LogP contribution in [0.15, 0.2) is 33.7 Å². The lowest BCUT2D eigenvalue weighted by molar-refractivity contribution is 0.166. The van der Waals surface area contributed by atoms with E-state index < -0.39 is 0 Å². The molecule has 0 atom stereocenters. The third-order valence-corrected chi connectivity index (χ3v) is 5.64. The SMILES string of the molecule is CCNC(=NCC1CCN(Cc2nc(C)c(C)o2)CC1)NCCc1ccccc1F. The Balaban J connectivity index is 1.42. The van der Waals surface area contributed by atoms with Crippen molar-refractivity contribution < 1.29 is 8.81 Å². The molecule has 1 aromatic carbocycles. The summed E-state index contributed by atoms with van der Waals surface area (Å²) in [5.74, 6) is 2.96. The monoisotopic (exact) mass is 415 g/mol. The Morgan fingerprint density at radius 3 is 2.67 bits per heavy atom. The lowest BCUT2D eigenvalue weighted by Gasteiger charge is -2.30. The molecule has 1 aliphatic heterocycles. The number of likely N-dealkylation sites (tertiary alicyclic amines) is 1. The fourth-order valence-electron chi connectivity index (χ4n) is 3.70. The molecule has 7 heteroatoms. The van der Waals surface area contributed by atoms with Gasteiger partial charge in [0, 0.05) is 19.6 Å². The second-order valence-corrected chi connectivity index (χ2v) is 7.96. The van der Waals surface area contributed by atoms with Crippen molar-refractivity contribution in [3.05, 3.63) is 53.0 Å². The average Bonchev–Trinajstić information content (AvgIpc) is 3.05. The van der Waals surface area contributed by atoms with Gasteiger partial charge in [0.15, 0.2) is 5.96 Å². The zero-order valence-electron chi connectivity index (χ0n) is 18.4. The van der Waals surface area contributed by atoms with Crippen molar-refractivity contribution in [3.63, 3.8) is 0 Å². The summed E-state index contributed by atoms with van der Waals surface area (Å²) in [4.78, 5) is 11.7. The zero-order valence-corrected chi connectivity index (χ0v) is 18.4. The van der Waals surface area contributed by atoms with E-state index in [1.807, 2.05) is 26.0 Å². The molecule has 2 heterocycles. The van der Waals surface area contributed by atoms with Crippen LogP contribution in [0.3, 0.4) is 0 Å². The molecule has 2 N–H and O–H groups in total. The molecule has 0 aliphatic carbocycles. The summed E-state index contributed by atoms with van der Waals surface area (Å²) in [6, 6.07) is 6.92. The van der Waals surface area contributed by atoms with E-state index >= 15 is 0 Å². The first-order chi connectivity index (χ1) is 14.5. The fourth-order valence-corrected chi connectivity index (χ4v) is 3.70. The number of piperidine rings is 1. The summed E-state index contributed by atoms with van der Waals surface area (Å²) >= 11 is 0. The smallest absolute Gasteiger partial charge is 0.208 e. The molecule has 0 saturated carbocycles. The fraction of sp³-hybridized carbons (Fsp3) is 0.565. The van der Waals surface area contributed by atoms with Crippen molar-refractivity contribution in [2.75, 3.05) is 32.7 Å². The second kappa shape index (κ2) is 11.1. The molecular weight excluding hydrogens is 381 g/mol. The van der Waals surface area contributed by atoms with Gasteiger partial charge in [-0.05, 0) is 70.7 Å². The lowest BCUT2D eigenvalue weighted by Crippen LogP contribution is -2.39. The molecule has 0 spiro atoms. The highest BCUT2D eigenvalue weighted by Crippen LogP contribution is 2.20. The predicted molar refractivity (Wildman–Crippen MR) is 118 cm³/mol. The highest BCUT2D eigenvalue weighted by Gasteiger charge is 2.21. The molecule has 0 radical (unpaired) electrons. The number of guanidine groups is 1. The minimum absolute atomic E-state index is 0.150. The number of benzene rings is 1. The summed E-state index contributed by atoms with van der Waals surface area (Å²) in [6.07, 6.45) is 2.88. The van der Waals surface area contributed by atoms with E-state index in [2.05, 4.69) is 27.4 Å². The van der Waals surface area contributed by atoms with Crippen LogP contribution in [-0.2, 0) is 13.0 Å². The van der Waals surface area contributed by atoms with Crippen LogP contribution in [0.4, 0.5) is 4.39 Å². The van der Waals surface area contributed by atoms with Crippen molar-refractivity contribution >= 4 is 5.96 Å². The molecule has 6 nitrogen and oxygen atoms in total. The molecule has 1 fully saturated rings. The zero-order chi connectivity index (χ0) is 21.3. The van der Waals surface area contributed by atoms with Crippen LogP contribution in [0.5, 0.6) is 0 Å². The van der Waals surface area contributed by atoms with Crippen molar-refractivity contribution in [1.29, 1.82) is 0 Å². The maximum absolute atomic E-state index is 13.8.